The summed E-state index contributed by atoms with van der Waals surface area (Å²) in [4.78, 5) is 14.4. The summed E-state index contributed by atoms with van der Waals surface area (Å²) in [6, 6.07) is 10.0. The summed E-state index contributed by atoms with van der Waals surface area (Å²) in [5.74, 6) is 0.572. The second-order valence-corrected chi connectivity index (χ2v) is 4.75. The molecule has 1 aromatic rings. The van der Waals surface area contributed by atoms with Gasteiger partial charge in [0.15, 0.2) is 0 Å². The van der Waals surface area contributed by atoms with Gasteiger partial charge in [-0.3, -0.25) is 4.79 Å². The van der Waals surface area contributed by atoms with Gasteiger partial charge in [0.2, 0.25) is 5.91 Å². The van der Waals surface area contributed by atoms with E-state index in [4.69, 9.17) is 0 Å². The molecule has 0 spiro atoms. The maximum absolute atomic E-state index is 12.5. The van der Waals surface area contributed by atoms with E-state index in [1.165, 1.54) is 19.3 Å². The molecule has 2 nitrogen and oxygen atoms in total. The summed E-state index contributed by atoms with van der Waals surface area (Å²) in [7, 11) is 0. The standard InChI is InChI=1S/C15H21NO/c1-2-16(14-11-7-4-8-12-14)15(17)13-9-5-3-6-10-13/h4,7-8,11-13H,2-3,5-6,9-10H2,1H3. The number of amides is 1. The SMILES string of the molecule is CCN(C(=O)C1CCCCC1)c1ccccc1. The lowest BCUT2D eigenvalue weighted by Crippen LogP contribution is -2.36. The van der Waals surface area contributed by atoms with Gasteiger partial charge in [0.25, 0.3) is 0 Å². The summed E-state index contributed by atoms with van der Waals surface area (Å²) < 4.78 is 0. The van der Waals surface area contributed by atoms with Gasteiger partial charge in [0.05, 0.1) is 0 Å². The van der Waals surface area contributed by atoms with E-state index in [1.54, 1.807) is 0 Å². The third-order valence-electron chi connectivity index (χ3n) is 3.60. The van der Waals surface area contributed by atoms with Crippen molar-refractivity contribution in [3.05, 3.63) is 30.3 Å². The van der Waals surface area contributed by atoms with Gasteiger partial charge in [-0.2, -0.15) is 0 Å². The molecule has 0 aliphatic heterocycles. The smallest absolute Gasteiger partial charge is 0.230 e. The molecule has 0 saturated heterocycles. The van der Waals surface area contributed by atoms with Crippen molar-refractivity contribution < 1.29 is 4.79 Å². The number of hydrogen-bond donors (Lipinski definition) is 0. The van der Waals surface area contributed by atoms with E-state index >= 15 is 0 Å². The Labute approximate surface area is 104 Å². The van der Waals surface area contributed by atoms with Crippen LogP contribution in [-0.4, -0.2) is 12.5 Å². The lowest BCUT2D eigenvalue weighted by atomic mass is 9.88. The zero-order chi connectivity index (χ0) is 12.1. The second-order valence-electron chi connectivity index (χ2n) is 4.75. The van der Waals surface area contributed by atoms with Crippen LogP contribution >= 0.6 is 0 Å². The van der Waals surface area contributed by atoms with Crippen molar-refractivity contribution in [2.75, 3.05) is 11.4 Å². The van der Waals surface area contributed by atoms with E-state index in [-0.39, 0.29) is 5.92 Å². The normalized spacial score (nSPS) is 16.8. The first-order valence-corrected chi connectivity index (χ1v) is 6.69. The van der Waals surface area contributed by atoms with E-state index in [2.05, 4.69) is 0 Å². The number of hydrogen-bond acceptors (Lipinski definition) is 1. The molecule has 0 aromatic heterocycles. The van der Waals surface area contributed by atoms with Gasteiger partial charge in [-0.15, -0.1) is 0 Å². The molecule has 1 aromatic carbocycles. The molecule has 1 saturated carbocycles. The largest absolute Gasteiger partial charge is 0.312 e. The maximum atomic E-state index is 12.5. The molecule has 17 heavy (non-hydrogen) atoms. The van der Waals surface area contributed by atoms with Crippen molar-refractivity contribution in [3.63, 3.8) is 0 Å². The van der Waals surface area contributed by atoms with Gasteiger partial charge >= 0.3 is 0 Å². The van der Waals surface area contributed by atoms with Gasteiger partial charge in [-0.25, -0.2) is 0 Å². The van der Waals surface area contributed by atoms with Crippen LogP contribution in [0.2, 0.25) is 0 Å². The van der Waals surface area contributed by atoms with E-state index < -0.39 is 0 Å². The molecule has 0 unspecified atom stereocenters. The number of anilines is 1. The lowest BCUT2D eigenvalue weighted by Gasteiger charge is -2.28. The Kier molecular flexibility index (Phi) is 4.18. The molecular formula is C15H21NO. The number of carbonyl (C=O) groups excluding carboxylic acids is 1. The molecular weight excluding hydrogens is 210 g/mol. The first kappa shape index (κ1) is 12.2. The average molecular weight is 231 g/mol. The summed E-state index contributed by atoms with van der Waals surface area (Å²) in [5.41, 5.74) is 1.03. The molecule has 1 aliphatic rings. The minimum absolute atomic E-state index is 0.254. The molecule has 0 heterocycles. The Morgan fingerprint density at radius 3 is 2.41 bits per heavy atom. The predicted molar refractivity (Wildman–Crippen MR) is 71.0 cm³/mol. The summed E-state index contributed by atoms with van der Waals surface area (Å²) >= 11 is 0. The predicted octanol–water partition coefficient (Wildman–Crippen LogP) is 3.62. The number of nitrogens with zero attached hydrogens (tertiary/aromatic N) is 1. The van der Waals surface area contributed by atoms with Crippen LogP contribution < -0.4 is 4.90 Å². The zero-order valence-electron chi connectivity index (χ0n) is 10.6. The summed E-state index contributed by atoms with van der Waals surface area (Å²) in [6.07, 6.45) is 5.86. The van der Waals surface area contributed by atoms with E-state index in [9.17, 15) is 4.79 Å². The van der Waals surface area contributed by atoms with Crippen molar-refractivity contribution in [1.29, 1.82) is 0 Å². The zero-order valence-corrected chi connectivity index (χ0v) is 10.6. The second kappa shape index (κ2) is 5.85. The van der Waals surface area contributed by atoms with E-state index in [1.807, 2.05) is 42.2 Å². The number of carbonyl (C=O) groups is 1. The van der Waals surface area contributed by atoms with Gasteiger partial charge in [-0.05, 0) is 31.9 Å². The highest BCUT2D eigenvalue weighted by molar-refractivity contribution is 5.94. The lowest BCUT2D eigenvalue weighted by molar-refractivity contribution is -0.123. The minimum Gasteiger partial charge on any atom is -0.312 e. The van der Waals surface area contributed by atoms with Crippen LogP contribution in [0.1, 0.15) is 39.0 Å². The van der Waals surface area contributed by atoms with Gasteiger partial charge in [-0.1, -0.05) is 37.5 Å². The molecule has 2 rings (SSSR count). The van der Waals surface area contributed by atoms with Crippen LogP contribution in [0, 0.1) is 5.92 Å². The fraction of sp³-hybridized carbons (Fsp3) is 0.533. The quantitative estimate of drug-likeness (QED) is 0.778. The first-order valence-electron chi connectivity index (χ1n) is 6.69. The van der Waals surface area contributed by atoms with Crippen molar-refractivity contribution in [2.45, 2.75) is 39.0 Å². The van der Waals surface area contributed by atoms with Crippen LogP contribution in [0.15, 0.2) is 30.3 Å². The van der Waals surface area contributed by atoms with Crippen LogP contribution in [0.4, 0.5) is 5.69 Å². The highest BCUT2D eigenvalue weighted by Crippen LogP contribution is 2.27. The minimum atomic E-state index is 0.254. The third kappa shape index (κ3) is 2.87. The van der Waals surface area contributed by atoms with Crippen LogP contribution in [0.25, 0.3) is 0 Å². The highest BCUT2D eigenvalue weighted by Gasteiger charge is 2.25. The summed E-state index contributed by atoms with van der Waals surface area (Å²) in [5, 5.41) is 0. The Morgan fingerprint density at radius 1 is 1.18 bits per heavy atom. The van der Waals surface area contributed by atoms with E-state index in [0.29, 0.717) is 5.91 Å². The van der Waals surface area contributed by atoms with E-state index in [0.717, 1.165) is 25.1 Å². The summed E-state index contributed by atoms with van der Waals surface area (Å²) in [6.45, 7) is 2.81. The fourth-order valence-corrected chi connectivity index (χ4v) is 2.64. The van der Waals surface area contributed by atoms with Crippen molar-refractivity contribution >= 4 is 11.6 Å². The molecule has 0 bridgehead atoms. The third-order valence-corrected chi connectivity index (χ3v) is 3.60. The maximum Gasteiger partial charge on any atom is 0.230 e. The number of benzene rings is 1. The van der Waals surface area contributed by atoms with Crippen LogP contribution in [0.5, 0.6) is 0 Å². The monoisotopic (exact) mass is 231 g/mol. The number of rotatable bonds is 3. The van der Waals surface area contributed by atoms with Crippen molar-refractivity contribution in [2.24, 2.45) is 5.92 Å². The van der Waals surface area contributed by atoms with Crippen LogP contribution in [0.3, 0.4) is 0 Å². The van der Waals surface area contributed by atoms with Gasteiger partial charge in [0.1, 0.15) is 0 Å². The molecule has 0 N–H and O–H groups in total. The first-order chi connectivity index (χ1) is 8.33. The molecule has 2 heteroatoms. The highest BCUT2D eigenvalue weighted by atomic mass is 16.2. The van der Waals surface area contributed by atoms with Crippen molar-refractivity contribution in [3.8, 4) is 0 Å². The van der Waals surface area contributed by atoms with Crippen LogP contribution in [-0.2, 0) is 4.79 Å². The van der Waals surface area contributed by atoms with Gasteiger partial charge < -0.3 is 4.90 Å². The van der Waals surface area contributed by atoms with Gasteiger partial charge in [0, 0.05) is 18.2 Å². The Bertz CT molecular complexity index is 354. The Balaban J connectivity index is 2.10. The average Bonchev–Trinajstić information content (AvgIpc) is 2.42. The Morgan fingerprint density at radius 2 is 1.82 bits per heavy atom. The molecule has 0 radical (unpaired) electrons. The fourth-order valence-electron chi connectivity index (χ4n) is 2.64. The molecule has 0 atom stereocenters. The molecule has 92 valence electrons. The molecule has 1 aliphatic carbocycles. The molecule has 1 fully saturated rings. The Hall–Kier alpha value is -1.31. The number of para-hydroxylation sites is 1. The molecule has 1 amide bonds. The van der Waals surface area contributed by atoms with Crippen molar-refractivity contribution in [1.82, 2.24) is 0 Å². The topological polar surface area (TPSA) is 20.3 Å².